The Morgan fingerprint density at radius 1 is 1.23 bits per heavy atom. The topological polar surface area (TPSA) is 87.8 Å². The van der Waals surface area contributed by atoms with Gasteiger partial charge >= 0.3 is 5.97 Å². The summed E-state index contributed by atoms with van der Waals surface area (Å²) in [6.07, 6.45) is 1.73. The highest BCUT2D eigenvalue weighted by Crippen LogP contribution is 2.30. The molecule has 0 bridgehead atoms. The Hall–Kier alpha value is -2.60. The van der Waals surface area contributed by atoms with Gasteiger partial charge in [0.2, 0.25) is 0 Å². The number of furan rings is 1. The lowest BCUT2D eigenvalue weighted by Crippen LogP contribution is -2.35. The van der Waals surface area contributed by atoms with Crippen molar-refractivity contribution in [2.75, 3.05) is 6.54 Å². The Labute approximate surface area is 155 Å². The number of carboxylic acid groups (broad SMARTS) is 1. The summed E-state index contributed by atoms with van der Waals surface area (Å²) in [6, 6.07) is 6.81. The predicted octanol–water partition coefficient (Wildman–Crippen LogP) is 3.49. The number of carbonyl (C=O) groups excluding carboxylic acids is 2. The van der Waals surface area contributed by atoms with Gasteiger partial charge in [-0.2, -0.15) is 0 Å². The van der Waals surface area contributed by atoms with E-state index < -0.39 is 18.4 Å². The fourth-order valence-electron chi connectivity index (χ4n) is 3.17. The first kappa shape index (κ1) is 18.2. The molecular weight excluding hydrogens is 358 g/mol. The van der Waals surface area contributed by atoms with Gasteiger partial charge in [-0.1, -0.05) is 23.7 Å². The van der Waals surface area contributed by atoms with Crippen LogP contribution in [0.5, 0.6) is 0 Å². The van der Waals surface area contributed by atoms with Crippen molar-refractivity contribution in [3.63, 3.8) is 0 Å². The van der Waals surface area contributed by atoms with Gasteiger partial charge in [0.1, 0.15) is 12.3 Å². The first-order chi connectivity index (χ1) is 12.4. The monoisotopic (exact) mass is 375 g/mol. The molecule has 0 saturated heterocycles. The number of benzene rings is 1. The van der Waals surface area contributed by atoms with Crippen LogP contribution in [0.2, 0.25) is 5.02 Å². The highest BCUT2D eigenvalue weighted by atomic mass is 35.5. The van der Waals surface area contributed by atoms with Crippen molar-refractivity contribution in [3.05, 3.63) is 57.5 Å². The van der Waals surface area contributed by atoms with Crippen molar-refractivity contribution >= 4 is 29.3 Å². The van der Waals surface area contributed by atoms with Crippen LogP contribution in [-0.2, 0) is 17.8 Å². The molecule has 0 atom stereocenters. The SMILES string of the molecule is Cc1c(C(=O)N(CC(=O)O)Cc2ccc(Cl)cc2)oc2c1C(=O)CCC2. The van der Waals surface area contributed by atoms with Gasteiger partial charge in [0, 0.05) is 30.0 Å². The number of carbonyl (C=O) groups is 3. The molecule has 2 aromatic rings. The molecule has 3 rings (SSSR count). The number of ketones is 1. The lowest BCUT2D eigenvalue weighted by Gasteiger charge is -2.20. The molecule has 1 aromatic heterocycles. The highest BCUT2D eigenvalue weighted by Gasteiger charge is 2.31. The minimum atomic E-state index is -1.13. The zero-order valence-corrected chi connectivity index (χ0v) is 15.0. The van der Waals surface area contributed by atoms with E-state index in [0.29, 0.717) is 41.2 Å². The average molecular weight is 376 g/mol. The van der Waals surface area contributed by atoms with Gasteiger partial charge in [-0.15, -0.1) is 0 Å². The van der Waals surface area contributed by atoms with Crippen molar-refractivity contribution in [2.24, 2.45) is 0 Å². The summed E-state index contributed by atoms with van der Waals surface area (Å²) in [5.41, 5.74) is 1.71. The highest BCUT2D eigenvalue weighted by molar-refractivity contribution is 6.30. The number of halogens is 1. The van der Waals surface area contributed by atoms with E-state index >= 15 is 0 Å². The van der Waals surface area contributed by atoms with Crippen LogP contribution in [-0.4, -0.2) is 34.2 Å². The molecular formula is C19H18ClNO5. The number of nitrogens with zero attached hydrogens (tertiary/aromatic N) is 1. The number of carboxylic acids is 1. The summed E-state index contributed by atoms with van der Waals surface area (Å²) in [4.78, 5) is 37.5. The number of fused-ring (bicyclic) bond motifs is 1. The van der Waals surface area contributed by atoms with Crippen molar-refractivity contribution in [1.82, 2.24) is 4.90 Å². The number of aryl methyl sites for hydroxylation is 1. The zero-order chi connectivity index (χ0) is 18.8. The summed E-state index contributed by atoms with van der Waals surface area (Å²) in [6.45, 7) is 1.29. The van der Waals surface area contributed by atoms with Crippen LogP contribution in [0.15, 0.2) is 28.7 Å². The summed E-state index contributed by atoms with van der Waals surface area (Å²) in [7, 11) is 0. The second kappa shape index (κ2) is 7.33. The molecule has 0 unspecified atom stereocenters. The maximum Gasteiger partial charge on any atom is 0.323 e. The third-order valence-corrected chi connectivity index (χ3v) is 4.65. The van der Waals surface area contributed by atoms with Crippen LogP contribution in [0.1, 0.15) is 50.6 Å². The third-order valence-electron chi connectivity index (χ3n) is 4.40. The molecule has 0 spiro atoms. The molecule has 1 aliphatic rings. The molecule has 0 radical (unpaired) electrons. The summed E-state index contributed by atoms with van der Waals surface area (Å²) in [5, 5.41) is 9.73. The van der Waals surface area contributed by atoms with Gasteiger partial charge in [0.25, 0.3) is 5.91 Å². The van der Waals surface area contributed by atoms with E-state index in [1.54, 1.807) is 31.2 Å². The standard InChI is InChI=1S/C19H18ClNO5/c1-11-17-14(22)3-2-4-15(17)26-18(11)19(25)21(10-16(23)24)9-12-5-7-13(20)8-6-12/h5-8H,2-4,9-10H2,1H3,(H,23,24). The largest absolute Gasteiger partial charge is 0.480 e. The van der Waals surface area contributed by atoms with E-state index in [0.717, 1.165) is 5.56 Å². The molecule has 136 valence electrons. The van der Waals surface area contributed by atoms with E-state index in [9.17, 15) is 19.5 Å². The number of Topliss-reactive ketones (excluding diaryl/α,β-unsaturated/α-hetero) is 1. The second-order valence-electron chi connectivity index (χ2n) is 6.31. The molecule has 1 N–H and O–H groups in total. The predicted molar refractivity (Wildman–Crippen MR) is 94.5 cm³/mol. The molecule has 0 fully saturated rings. The van der Waals surface area contributed by atoms with E-state index in [1.807, 2.05) is 0 Å². The van der Waals surface area contributed by atoms with Gasteiger partial charge in [-0.05, 0) is 31.0 Å². The first-order valence-corrected chi connectivity index (χ1v) is 8.65. The second-order valence-corrected chi connectivity index (χ2v) is 6.75. The van der Waals surface area contributed by atoms with Gasteiger partial charge in [0.05, 0.1) is 5.56 Å². The lowest BCUT2D eigenvalue weighted by atomic mass is 9.94. The maximum absolute atomic E-state index is 12.9. The Morgan fingerprint density at radius 2 is 1.92 bits per heavy atom. The van der Waals surface area contributed by atoms with Crippen LogP contribution < -0.4 is 0 Å². The number of aliphatic carboxylic acids is 1. The van der Waals surface area contributed by atoms with Crippen molar-refractivity contribution in [3.8, 4) is 0 Å². The van der Waals surface area contributed by atoms with Crippen molar-refractivity contribution < 1.29 is 23.9 Å². The van der Waals surface area contributed by atoms with E-state index in [1.165, 1.54) is 4.90 Å². The number of rotatable bonds is 5. The molecule has 1 heterocycles. The summed E-state index contributed by atoms with van der Waals surface area (Å²) < 4.78 is 5.66. The fourth-order valence-corrected chi connectivity index (χ4v) is 3.30. The van der Waals surface area contributed by atoms with Gasteiger partial charge in [-0.3, -0.25) is 14.4 Å². The molecule has 26 heavy (non-hydrogen) atoms. The summed E-state index contributed by atoms with van der Waals surface area (Å²) in [5.74, 6) is -1.14. The van der Waals surface area contributed by atoms with E-state index in [2.05, 4.69) is 0 Å². The quantitative estimate of drug-likeness (QED) is 0.864. The Balaban J connectivity index is 1.91. The van der Waals surface area contributed by atoms with Crippen LogP contribution in [0.4, 0.5) is 0 Å². The molecule has 0 aliphatic heterocycles. The van der Waals surface area contributed by atoms with Crippen LogP contribution in [0, 0.1) is 6.92 Å². The first-order valence-electron chi connectivity index (χ1n) is 8.27. The fraction of sp³-hybridized carbons (Fsp3) is 0.316. The lowest BCUT2D eigenvalue weighted by molar-refractivity contribution is -0.137. The minimum Gasteiger partial charge on any atom is -0.480 e. The van der Waals surface area contributed by atoms with E-state index in [-0.39, 0.29) is 18.1 Å². The molecule has 6 nitrogen and oxygen atoms in total. The zero-order valence-electron chi connectivity index (χ0n) is 14.3. The minimum absolute atomic E-state index is 0.0333. The summed E-state index contributed by atoms with van der Waals surface area (Å²) >= 11 is 5.86. The van der Waals surface area contributed by atoms with Gasteiger partial charge in [0.15, 0.2) is 11.5 Å². The average Bonchev–Trinajstić information content (AvgIpc) is 2.93. The van der Waals surface area contributed by atoms with Crippen molar-refractivity contribution in [1.29, 1.82) is 0 Å². The Bertz CT molecular complexity index is 869. The Kier molecular flexibility index (Phi) is 5.13. The van der Waals surface area contributed by atoms with Gasteiger partial charge < -0.3 is 14.4 Å². The molecule has 1 amide bonds. The Morgan fingerprint density at radius 3 is 2.54 bits per heavy atom. The van der Waals surface area contributed by atoms with E-state index in [4.69, 9.17) is 16.0 Å². The number of amides is 1. The smallest absolute Gasteiger partial charge is 0.323 e. The number of hydrogen-bond donors (Lipinski definition) is 1. The maximum atomic E-state index is 12.9. The van der Waals surface area contributed by atoms with Gasteiger partial charge in [-0.25, -0.2) is 0 Å². The molecule has 1 aliphatic carbocycles. The van der Waals surface area contributed by atoms with Crippen LogP contribution in [0.25, 0.3) is 0 Å². The van der Waals surface area contributed by atoms with Crippen LogP contribution >= 0.6 is 11.6 Å². The molecule has 0 saturated carbocycles. The van der Waals surface area contributed by atoms with Crippen LogP contribution in [0.3, 0.4) is 0 Å². The normalized spacial score (nSPS) is 13.4. The number of hydrogen-bond acceptors (Lipinski definition) is 4. The molecule has 1 aromatic carbocycles. The third kappa shape index (κ3) is 3.65. The molecule has 7 heteroatoms. The van der Waals surface area contributed by atoms with Crippen molar-refractivity contribution in [2.45, 2.75) is 32.7 Å².